The largest absolute Gasteiger partial charge is 0.314 e. The predicted octanol–water partition coefficient (Wildman–Crippen LogP) is 2.68. The van der Waals surface area contributed by atoms with Gasteiger partial charge >= 0.3 is 0 Å². The summed E-state index contributed by atoms with van der Waals surface area (Å²) in [5.74, 6) is 0. The normalized spacial score (nSPS) is 23.0. The minimum Gasteiger partial charge on any atom is -0.314 e. The first-order chi connectivity index (χ1) is 7.18. The highest BCUT2D eigenvalue weighted by Gasteiger charge is 2.20. The van der Waals surface area contributed by atoms with Gasteiger partial charge in [0.15, 0.2) is 0 Å². The van der Waals surface area contributed by atoms with Crippen molar-refractivity contribution in [2.45, 2.75) is 6.04 Å². The lowest BCUT2D eigenvalue weighted by Gasteiger charge is -2.33. The molecular weight excluding hydrogens is 275 g/mol. The van der Waals surface area contributed by atoms with Crippen LogP contribution in [0.3, 0.4) is 0 Å². The van der Waals surface area contributed by atoms with Gasteiger partial charge in [-0.15, -0.1) is 0 Å². The molecular formula is C11H14BrClN2. The van der Waals surface area contributed by atoms with Crippen LogP contribution in [-0.2, 0) is 0 Å². The summed E-state index contributed by atoms with van der Waals surface area (Å²) in [5, 5.41) is 4.18. The van der Waals surface area contributed by atoms with E-state index in [-0.39, 0.29) is 0 Å². The zero-order valence-corrected chi connectivity index (χ0v) is 11.0. The van der Waals surface area contributed by atoms with Crippen LogP contribution in [0.5, 0.6) is 0 Å². The summed E-state index contributed by atoms with van der Waals surface area (Å²) >= 11 is 9.44. The summed E-state index contributed by atoms with van der Waals surface area (Å²) in [6, 6.07) is 6.61. The van der Waals surface area contributed by atoms with E-state index in [2.05, 4.69) is 45.3 Å². The minimum absolute atomic E-state index is 0.451. The number of nitrogens with one attached hydrogen (secondary N) is 1. The van der Waals surface area contributed by atoms with Crippen molar-refractivity contribution in [2.75, 3.05) is 26.7 Å². The van der Waals surface area contributed by atoms with E-state index in [9.17, 15) is 0 Å². The van der Waals surface area contributed by atoms with Gasteiger partial charge < -0.3 is 5.32 Å². The average molecular weight is 290 g/mol. The number of nitrogens with zero attached hydrogens (tertiary/aromatic N) is 1. The van der Waals surface area contributed by atoms with Crippen molar-refractivity contribution in [2.24, 2.45) is 0 Å². The van der Waals surface area contributed by atoms with Crippen LogP contribution >= 0.6 is 27.5 Å². The Labute approximate surface area is 104 Å². The number of halogens is 2. The second-order valence-electron chi connectivity index (χ2n) is 3.87. The van der Waals surface area contributed by atoms with Crippen molar-refractivity contribution < 1.29 is 0 Å². The van der Waals surface area contributed by atoms with Gasteiger partial charge in [0, 0.05) is 30.1 Å². The van der Waals surface area contributed by atoms with Gasteiger partial charge in [-0.25, -0.2) is 0 Å². The van der Waals surface area contributed by atoms with Crippen molar-refractivity contribution in [1.82, 2.24) is 10.2 Å². The molecule has 2 rings (SSSR count). The molecule has 1 unspecified atom stereocenters. The molecule has 0 spiro atoms. The van der Waals surface area contributed by atoms with E-state index in [0.717, 1.165) is 29.1 Å². The highest BCUT2D eigenvalue weighted by molar-refractivity contribution is 9.10. The molecule has 0 bridgehead atoms. The summed E-state index contributed by atoms with van der Waals surface area (Å²) in [7, 11) is 2.16. The van der Waals surface area contributed by atoms with Gasteiger partial charge in [-0.3, -0.25) is 4.90 Å². The molecule has 1 fully saturated rings. The first-order valence-electron chi connectivity index (χ1n) is 5.04. The van der Waals surface area contributed by atoms with Gasteiger partial charge in [0.05, 0.1) is 5.02 Å². The molecule has 15 heavy (non-hydrogen) atoms. The first kappa shape index (κ1) is 11.4. The summed E-state index contributed by atoms with van der Waals surface area (Å²) in [6.07, 6.45) is 0. The number of rotatable bonds is 1. The van der Waals surface area contributed by atoms with E-state index in [1.54, 1.807) is 0 Å². The third-order valence-electron chi connectivity index (χ3n) is 2.84. The molecule has 1 aromatic carbocycles. The molecule has 1 aliphatic heterocycles. The quantitative estimate of drug-likeness (QED) is 0.855. The molecule has 0 radical (unpaired) electrons. The fourth-order valence-corrected chi connectivity index (χ4v) is 2.41. The van der Waals surface area contributed by atoms with Crippen LogP contribution in [-0.4, -0.2) is 31.6 Å². The Hall–Kier alpha value is -0.0900. The Morgan fingerprint density at radius 3 is 3.00 bits per heavy atom. The Kier molecular flexibility index (Phi) is 3.67. The van der Waals surface area contributed by atoms with Gasteiger partial charge in [0.25, 0.3) is 0 Å². The summed E-state index contributed by atoms with van der Waals surface area (Å²) in [6.45, 7) is 3.16. The lowest BCUT2D eigenvalue weighted by Crippen LogP contribution is -2.43. The van der Waals surface area contributed by atoms with Crippen LogP contribution in [0.25, 0.3) is 0 Å². The fraction of sp³-hybridized carbons (Fsp3) is 0.455. The zero-order chi connectivity index (χ0) is 10.8. The van der Waals surface area contributed by atoms with Crippen LogP contribution in [0, 0.1) is 0 Å². The lowest BCUT2D eigenvalue weighted by molar-refractivity contribution is 0.202. The maximum Gasteiger partial charge on any atom is 0.0548 e. The molecule has 1 N–H and O–H groups in total. The van der Waals surface area contributed by atoms with Gasteiger partial charge in [0.2, 0.25) is 0 Å². The topological polar surface area (TPSA) is 15.3 Å². The third-order valence-corrected chi connectivity index (χ3v) is 4.05. The van der Waals surface area contributed by atoms with Crippen molar-refractivity contribution >= 4 is 27.5 Å². The van der Waals surface area contributed by atoms with Crippen LogP contribution in [0.1, 0.15) is 11.6 Å². The van der Waals surface area contributed by atoms with E-state index in [1.165, 1.54) is 5.56 Å². The number of hydrogen-bond acceptors (Lipinski definition) is 2. The standard InChI is InChI=1S/C11H14BrClN2/c1-15-5-4-14-7-11(15)8-2-3-10(13)9(12)6-8/h2-3,6,11,14H,4-5,7H2,1H3. The molecule has 2 nitrogen and oxygen atoms in total. The Morgan fingerprint density at radius 2 is 2.33 bits per heavy atom. The van der Waals surface area contributed by atoms with Crippen molar-refractivity contribution in [1.29, 1.82) is 0 Å². The van der Waals surface area contributed by atoms with Crippen molar-refractivity contribution in [3.63, 3.8) is 0 Å². The second-order valence-corrected chi connectivity index (χ2v) is 5.14. The van der Waals surface area contributed by atoms with E-state index in [0.29, 0.717) is 6.04 Å². The Bertz CT molecular complexity index is 356. The SMILES string of the molecule is CN1CCNCC1c1ccc(Cl)c(Br)c1. The summed E-state index contributed by atoms with van der Waals surface area (Å²) in [4.78, 5) is 2.37. The molecule has 1 saturated heterocycles. The van der Waals surface area contributed by atoms with E-state index < -0.39 is 0 Å². The average Bonchev–Trinajstić information content (AvgIpc) is 2.23. The van der Waals surface area contributed by atoms with Gasteiger partial charge in [-0.2, -0.15) is 0 Å². The van der Waals surface area contributed by atoms with Crippen LogP contribution in [0.4, 0.5) is 0 Å². The number of benzene rings is 1. The Balaban J connectivity index is 2.24. The van der Waals surface area contributed by atoms with Gasteiger partial charge in [-0.05, 0) is 40.7 Å². The molecule has 1 aliphatic rings. The first-order valence-corrected chi connectivity index (χ1v) is 6.21. The van der Waals surface area contributed by atoms with Crippen molar-refractivity contribution in [3.8, 4) is 0 Å². The van der Waals surface area contributed by atoms with E-state index in [4.69, 9.17) is 11.6 Å². The van der Waals surface area contributed by atoms with Crippen LogP contribution < -0.4 is 5.32 Å². The van der Waals surface area contributed by atoms with E-state index in [1.807, 2.05) is 6.07 Å². The number of likely N-dealkylation sites (N-methyl/N-ethyl adjacent to an activating group) is 1. The van der Waals surface area contributed by atoms with Gasteiger partial charge in [-0.1, -0.05) is 17.7 Å². The highest BCUT2D eigenvalue weighted by atomic mass is 79.9. The molecule has 0 amide bonds. The highest BCUT2D eigenvalue weighted by Crippen LogP contribution is 2.28. The number of hydrogen-bond donors (Lipinski definition) is 1. The van der Waals surface area contributed by atoms with Gasteiger partial charge in [0.1, 0.15) is 0 Å². The predicted molar refractivity (Wildman–Crippen MR) is 67.4 cm³/mol. The molecule has 82 valence electrons. The fourth-order valence-electron chi connectivity index (χ4n) is 1.90. The monoisotopic (exact) mass is 288 g/mol. The zero-order valence-electron chi connectivity index (χ0n) is 8.63. The lowest BCUT2D eigenvalue weighted by atomic mass is 10.0. The Morgan fingerprint density at radius 1 is 1.53 bits per heavy atom. The van der Waals surface area contributed by atoms with E-state index >= 15 is 0 Å². The molecule has 0 aliphatic carbocycles. The van der Waals surface area contributed by atoms with Crippen LogP contribution in [0.2, 0.25) is 5.02 Å². The molecule has 4 heteroatoms. The maximum atomic E-state index is 5.98. The second kappa shape index (κ2) is 4.83. The number of piperazine rings is 1. The van der Waals surface area contributed by atoms with Crippen molar-refractivity contribution in [3.05, 3.63) is 33.3 Å². The molecule has 0 saturated carbocycles. The third kappa shape index (κ3) is 2.53. The maximum absolute atomic E-state index is 5.98. The van der Waals surface area contributed by atoms with Crippen LogP contribution in [0.15, 0.2) is 22.7 Å². The molecule has 1 heterocycles. The minimum atomic E-state index is 0.451. The molecule has 0 aromatic heterocycles. The summed E-state index contributed by atoms with van der Waals surface area (Å²) < 4.78 is 0.973. The molecule has 1 atom stereocenters. The smallest absolute Gasteiger partial charge is 0.0548 e. The summed E-state index contributed by atoms with van der Waals surface area (Å²) in [5.41, 5.74) is 1.31. The molecule has 1 aromatic rings.